The highest BCUT2D eigenvalue weighted by Gasteiger charge is 2.13. The number of carbonyl (C=O) groups is 1. The molecule has 6 nitrogen and oxygen atoms in total. The van der Waals surface area contributed by atoms with Crippen LogP contribution in [0, 0.1) is 0 Å². The van der Waals surface area contributed by atoms with Gasteiger partial charge in [-0.3, -0.25) is 4.79 Å². The summed E-state index contributed by atoms with van der Waals surface area (Å²) in [5.74, 6) is 1.12. The molecule has 0 bridgehead atoms. The number of rotatable bonds is 9. The summed E-state index contributed by atoms with van der Waals surface area (Å²) in [6.45, 7) is -2.62. The summed E-state index contributed by atoms with van der Waals surface area (Å²) < 4.78 is 41.7. The Morgan fingerprint density at radius 1 is 1.17 bits per heavy atom. The average molecular weight is 414 g/mol. The number of methoxy groups -OCH3 is 1. The van der Waals surface area contributed by atoms with Crippen molar-refractivity contribution in [2.45, 2.75) is 13.2 Å². The fourth-order valence-electron chi connectivity index (χ4n) is 2.64. The molecule has 3 rings (SSSR count). The highest BCUT2D eigenvalue weighted by atomic mass is 19.3. The second-order valence-electron chi connectivity index (χ2n) is 6.25. The summed E-state index contributed by atoms with van der Waals surface area (Å²) in [6.07, 6.45) is 6.60. The van der Waals surface area contributed by atoms with Crippen molar-refractivity contribution < 1.29 is 27.8 Å². The number of ketones is 1. The van der Waals surface area contributed by atoms with Crippen LogP contribution >= 0.6 is 0 Å². The number of alkyl halides is 2. The normalized spacial score (nSPS) is 11.1. The highest BCUT2D eigenvalue weighted by Crippen LogP contribution is 2.29. The van der Waals surface area contributed by atoms with Gasteiger partial charge in [0.25, 0.3) is 0 Å². The van der Waals surface area contributed by atoms with Gasteiger partial charge >= 0.3 is 6.61 Å². The van der Waals surface area contributed by atoms with Gasteiger partial charge in [0.15, 0.2) is 17.3 Å². The zero-order valence-electron chi connectivity index (χ0n) is 16.4. The van der Waals surface area contributed by atoms with E-state index in [2.05, 4.69) is 9.72 Å². The first-order valence-corrected chi connectivity index (χ1v) is 9.00. The topological polar surface area (TPSA) is 62.6 Å². The van der Waals surface area contributed by atoms with Crippen molar-refractivity contribution in [3.8, 4) is 17.2 Å². The summed E-state index contributed by atoms with van der Waals surface area (Å²) >= 11 is 0. The van der Waals surface area contributed by atoms with Crippen LogP contribution in [0.25, 0.3) is 6.08 Å². The second kappa shape index (κ2) is 9.69. The van der Waals surface area contributed by atoms with E-state index in [-0.39, 0.29) is 17.3 Å². The molecule has 30 heavy (non-hydrogen) atoms. The molecule has 0 aliphatic heterocycles. The average Bonchev–Trinajstić information content (AvgIpc) is 3.15. The van der Waals surface area contributed by atoms with Crippen molar-refractivity contribution in [2.75, 3.05) is 7.11 Å². The van der Waals surface area contributed by atoms with E-state index >= 15 is 0 Å². The monoisotopic (exact) mass is 414 g/mol. The molecule has 0 saturated carbocycles. The predicted octanol–water partition coefficient (Wildman–Crippen LogP) is 4.51. The number of ether oxygens (including phenoxy) is 3. The van der Waals surface area contributed by atoms with Crippen molar-refractivity contribution in [3.05, 3.63) is 77.9 Å². The number of carbonyl (C=O) groups excluding carboxylic acids is 1. The first-order chi connectivity index (χ1) is 14.5. The highest BCUT2D eigenvalue weighted by molar-refractivity contribution is 6.07. The lowest BCUT2D eigenvalue weighted by Crippen LogP contribution is -2.04. The van der Waals surface area contributed by atoms with Crippen LogP contribution in [-0.2, 0) is 13.7 Å². The Kier molecular flexibility index (Phi) is 6.79. The van der Waals surface area contributed by atoms with E-state index in [0.29, 0.717) is 17.9 Å². The van der Waals surface area contributed by atoms with Crippen LogP contribution in [0.4, 0.5) is 8.78 Å². The van der Waals surface area contributed by atoms with Crippen molar-refractivity contribution >= 4 is 11.9 Å². The molecule has 0 spiro atoms. The van der Waals surface area contributed by atoms with Crippen LogP contribution < -0.4 is 14.2 Å². The molecule has 2 aromatic carbocycles. The van der Waals surface area contributed by atoms with E-state index < -0.39 is 6.61 Å². The minimum Gasteiger partial charge on any atom is -0.493 e. The van der Waals surface area contributed by atoms with E-state index in [1.165, 1.54) is 31.4 Å². The summed E-state index contributed by atoms with van der Waals surface area (Å²) in [5.41, 5.74) is 1.09. The maximum Gasteiger partial charge on any atom is 0.387 e. The van der Waals surface area contributed by atoms with Crippen molar-refractivity contribution in [3.63, 3.8) is 0 Å². The number of hydrogen-bond donors (Lipinski definition) is 0. The molecule has 1 heterocycles. The summed E-state index contributed by atoms with van der Waals surface area (Å²) in [7, 11) is 3.21. The summed E-state index contributed by atoms with van der Waals surface area (Å²) in [5, 5.41) is 0. The molecule has 0 unspecified atom stereocenters. The number of imidazole rings is 1. The van der Waals surface area contributed by atoms with Crippen LogP contribution in [0.1, 0.15) is 21.7 Å². The lowest BCUT2D eigenvalue weighted by Gasteiger charge is -2.10. The molecule has 0 atom stereocenters. The minimum absolute atomic E-state index is 0.0590. The van der Waals surface area contributed by atoms with Gasteiger partial charge in [0, 0.05) is 25.0 Å². The lowest BCUT2D eigenvalue weighted by atomic mass is 10.1. The van der Waals surface area contributed by atoms with Crippen molar-refractivity contribution in [2.24, 2.45) is 7.05 Å². The van der Waals surface area contributed by atoms with Crippen LogP contribution in [0.3, 0.4) is 0 Å². The van der Waals surface area contributed by atoms with Crippen LogP contribution in [0.2, 0.25) is 0 Å². The van der Waals surface area contributed by atoms with Gasteiger partial charge in [-0.15, -0.1) is 0 Å². The zero-order chi connectivity index (χ0) is 21.5. The first-order valence-electron chi connectivity index (χ1n) is 9.00. The smallest absolute Gasteiger partial charge is 0.387 e. The van der Waals surface area contributed by atoms with Gasteiger partial charge in [-0.2, -0.15) is 8.78 Å². The molecule has 0 amide bonds. The number of nitrogens with zero attached hydrogens (tertiary/aromatic N) is 2. The third-order valence-corrected chi connectivity index (χ3v) is 4.26. The largest absolute Gasteiger partial charge is 0.493 e. The Morgan fingerprint density at radius 3 is 2.57 bits per heavy atom. The van der Waals surface area contributed by atoms with Gasteiger partial charge in [0.1, 0.15) is 18.2 Å². The third kappa shape index (κ3) is 5.44. The van der Waals surface area contributed by atoms with E-state index in [1.807, 2.05) is 29.9 Å². The Bertz CT molecular complexity index is 1030. The van der Waals surface area contributed by atoms with E-state index in [4.69, 9.17) is 9.47 Å². The maximum atomic E-state index is 12.4. The molecule has 8 heteroatoms. The van der Waals surface area contributed by atoms with E-state index in [1.54, 1.807) is 24.4 Å². The predicted molar refractivity (Wildman–Crippen MR) is 107 cm³/mol. The fraction of sp³-hybridized carbons (Fsp3) is 0.182. The summed E-state index contributed by atoms with van der Waals surface area (Å²) in [6, 6.07) is 11.3. The van der Waals surface area contributed by atoms with Gasteiger partial charge in [-0.25, -0.2) is 4.98 Å². The minimum atomic E-state index is -2.98. The molecule has 156 valence electrons. The molecular weight excluding hydrogens is 394 g/mol. The molecule has 0 aliphatic rings. The van der Waals surface area contributed by atoms with E-state index in [9.17, 15) is 13.6 Å². The SMILES string of the molecule is COc1cc(C(=O)/C=C/c2ccc(OCc3nccn3C)cc2)ccc1OC(F)F. The Labute approximate surface area is 172 Å². The first kappa shape index (κ1) is 21.0. The molecular formula is C22H20F2N2O4. The number of benzene rings is 2. The third-order valence-electron chi connectivity index (χ3n) is 4.26. The fourth-order valence-corrected chi connectivity index (χ4v) is 2.64. The Morgan fingerprint density at radius 2 is 1.93 bits per heavy atom. The van der Waals surface area contributed by atoms with Crippen molar-refractivity contribution in [1.29, 1.82) is 0 Å². The number of allylic oxidation sites excluding steroid dienone is 1. The number of hydrogen-bond acceptors (Lipinski definition) is 5. The maximum absolute atomic E-state index is 12.4. The molecule has 3 aromatic rings. The van der Waals surface area contributed by atoms with Gasteiger partial charge in [0.2, 0.25) is 0 Å². The zero-order valence-corrected chi connectivity index (χ0v) is 16.4. The number of aryl methyl sites for hydroxylation is 1. The Balaban J connectivity index is 1.62. The number of aromatic nitrogens is 2. The molecule has 0 fully saturated rings. The van der Waals surface area contributed by atoms with Crippen LogP contribution in [0.5, 0.6) is 17.2 Å². The van der Waals surface area contributed by atoms with Crippen LogP contribution in [-0.4, -0.2) is 29.1 Å². The molecule has 0 N–H and O–H groups in total. The van der Waals surface area contributed by atoms with E-state index in [0.717, 1.165) is 11.4 Å². The van der Waals surface area contributed by atoms with Crippen LogP contribution in [0.15, 0.2) is 60.9 Å². The quantitative estimate of drug-likeness (QED) is 0.381. The van der Waals surface area contributed by atoms with Gasteiger partial charge in [-0.1, -0.05) is 18.2 Å². The lowest BCUT2D eigenvalue weighted by molar-refractivity contribution is -0.0512. The number of halogens is 2. The van der Waals surface area contributed by atoms with Gasteiger partial charge < -0.3 is 18.8 Å². The van der Waals surface area contributed by atoms with Gasteiger partial charge in [-0.05, 0) is 42.0 Å². The standard InChI is InChI=1S/C22H20F2N2O4/c1-26-12-11-25-21(26)14-29-17-7-3-15(4-8-17)5-9-18(27)16-6-10-19(30-22(23)24)20(13-16)28-2/h3-13,22H,14H2,1-2H3/b9-5+. The molecule has 0 radical (unpaired) electrons. The molecule has 0 aliphatic carbocycles. The van der Waals surface area contributed by atoms with Gasteiger partial charge in [0.05, 0.1) is 7.11 Å². The molecule has 1 aromatic heterocycles. The summed E-state index contributed by atoms with van der Waals surface area (Å²) in [4.78, 5) is 16.6. The molecule has 0 saturated heterocycles. The Hall–Kier alpha value is -3.68. The second-order valence-corrected chi connectivity index (χ2v) is 6.25. The van der Waals surface area contributed by atoms with Crippen molar-refractivity contribution in [1.82, 2.24) is 9.55 Å².